The third-order valence-corrected chi connectivity index (χ3v) is 5.17. The predicted molar refractivity (Wildman–Crippen MR) is 117 cm³/mol. The van der Waals surface area contributed by atoms with Crippen molar-refractivity contribution in [2.75, 3.05) is 31.5 Å². The molecule has 1 N–H and O–H groups in total. The highest BCUT2D eigenvalue weighted by Crippen LogP contribution is 2.18. The maximum atomic E-state index is 12.6. The van der Waals surface area contributed by atoms with Crippen molar-refractivity contribution in [3.63, 3.8) is 0 Å². The van der Waals surface area contributed by atoms with Gasteiger partial charge in [-0.1, -0.05) is 30.3 Å². The number of hydrogen-bond donors (Lipinski definition) is 1. The van der Waals surface area contributed by atoms with E-state index in [0.29, 0.717) is 6.61 Å². The lowest BCUT2D eigenvalue weighted by molar-refractivity contribution is 0.143. The van der Waals surface area contributed by atoms with Crippen LogP contribution < -0.4 is 10.1 Å². The molecule has 2 amide bonds. The van der Waals surface area contributed by atoms with Gasteiger partial charge < -0.3 is 15.0 Å². The van der Waals surface area contributed by atoms with Crippen molar-refractivity contribution in [3.8, 4) is 5.75 Å². The Labute approximate surface area is 177 Å². The molecule has 0 saturated carbocycles. The summed E-state index contributed by atoms with van der Waals surface area (Å²) in [5.74, 6) is 0.779. The lowest BCUT2D eigenvalue weighted by Gasteiger charge is -2.34. The highest BCUT2D eigenvalue weighted by molar-refractivity contribution is 5.89. The van der Waals surface area contributed by atoms with E-state index in [9.17, 15) is 4.79 Å². The number of nitrogens with one attached hydrogen (secondary N) is 1. The summed E-state index contributed by atoms with van der Waals surface area (Å²) in [6, 6.07) is 21.6. The molecule has 0 aliphatic carbocycles. The van der Waals surface area contributed by atoms with E-state index in [1.54, 1.807) is 0 Å². The predicted octanol–water partition coefficient (Wildman–Crippen LogP) is 4.01. The Hall–Kier alpha value is -3.38. The Balaban J connectivity index is 1.22. The molecule has 0 unspecified atom stereocenters. The summed E-state index contributed by atoms with van der Waals surface area (Å²) in [4.78, 5) is 20.9. The monoisotopic (exact) mass is 402 g/mol. The van der Waals surface area contributed by atoms with Gasteiger partial charge in [-0.3, -0.25) is 9.88 Å². The van der Waals surface area contributed by atoms with Gasteiger partial charge in [0.1, 0.15) is 12.4 Å². The van der Waals surface area contributed by atoms with Gasteiger partial charge in [-0.15, -0.1) is 0 Å². The number of anilines is 1. The number of rotatable bonds is 6. The zero-order chi connectivity index (χ0) is 20.6. The molecule has 1 saturated heterocycles. The van der Waals surface area contributed by atoms with Crippen LogP contribution in [0.3, 0.4) is 0 Å². The molecule has 1 aliphatic heterocycles. The number of carbonyl (C=O) groups excluding carboxylic acids is 1. The molecule has 0 atom stereocenters. The smallest absolute Gasteiger partial charge is 0.321 e. The average Bonchev–Trinajstić information content (AvgIpc) is 2.80. The topological polar surface area (TPSA) is 57.7 Å². The second-order valence-electron chi connectivity index (χ2n) is 7.35. The second-order valence-corrected chi connectivity index (χ2v) is 7.35. The summed E-state index contributed by atoms with van der Waals surface area (Å²) >= 11 is 0. The molecule has 6 nitrogen and oxygen atoms in total. The van der Waals surface area contributed by atoms with E-state index in [-0.39, 0.29) is 6.03 Å². The first-order valence-electron chi connectivity index (χ1n) is 10.2. The Morgan fingerprint density at radius 2 is 1.57 bits per heavy atom. The van der Waals surface area contributed by atoms with Crippen LogP contribution in [-0.2, 0) is 13.2 Å². The van der Waals surface area contributed by atoms with Crippen molar-refractivity contribution in [2.24, 2.45) is 0 Å². The van der Waals surface area contributed by atoms with Crippen LogP contribution in [0.1, 0.15) is 11.1 Å². The summed E-state index contributed by atoms with van der Waals surface area (Å²) < 4.78 is 5.80. The number of ether oxygens (including phenoxy) is 1. The van der Waals surface area contributed by atoms with Crippen molar-refractivity contribution in [2.45, 2.75) is 13.2 Å². The molecule has 1 fully saturated rings. The van der Waals surface area contributed by atoms with Crippen molar-refractivity contribution in [3.05, 3.63) is 90.3 Å². The third-order valence-electron chi connectivity index (χ3n) is 5.17. The number of urea groups is 1. The summed E-state index contributed by atoms with van der Waals surface area (Å²) in [6.45, 7) is 4.58. The number of benzene rings is 2. The minimum atomic E-state index is -0.0588. The summed E-state index contributed by atoms with van der Waals surface area (Å²) in [6.07, 6.45) is 3.63. The van der Waals surface area contributed by atoms with E-state index in [4.69, 9.17) is 4.74 Å². The molecule has 0 spiro atoms. The Morgan fingerprint density at radius 1 is 0.867 bits per heavy atom. The standard InChI is InChI=1S/C24H26N4O2/c29-24(28-16-14-27(15-17-28)18-20-10-12-25-13-11-20)26-22-6-8-23(9-7-22)30-19-21-4-2-1-3-5-21/h1-13H,14-19H2,(H,26,29). The quantitative estimate of drug-likeness (QED) is 0.677. The highest BCUT2D eigenvalue weighted by atomic mass is 16.5. The zero-order valence-electron chi connectivity index (χ0n) is 16.9. The lowest BCUT2D eigenvalue weighted by Crippen LogP contribution is -2.49. The fourth-order valence-electron chi connectivity index (χ4n) is 3.43. The van der Waals surface area contributed by atoms with Gasteiger partial charge in [0.15, 0.2) is 0 Å². The first-order valence-corrected chi connectivity index (χ1v) is 10.2. The maximum absolute atomic E-state index is 12.6. The first-order chi connectivity index (χ1) is 14.8. The van der Waals surface area contributed by atoms with Gasteiger partial charge in [0.2, 0.25) is 0 Å². The fraction of sp³-hybridized carbons (Fsp3) is 0.250. The first kappa shape index (κ1) is 19.9. The third kappa shape index (κ3) is 5.58. The molecule has 3 aromatic rings. The van der Waals surface area contributed by atoms with Crippen LogP contribution in [0.5, 0.6) is 5.75 Å². The number of hydrogen-bond acceptors (Lipinski definition) is 4. The van der Waals surface area contributed by atoms with Crippen LogP contribution in [0.2, 0.25) is 0 Å². The van der Waals surface area contributed by atoms with E-state index in [2.05, 4.69) is 15.2 Å². The molecule has 1 aliphatic rings. The molecule has 2 heterocycles. The summed E-state index contributed by atoms with van der Waals surface area (Å²) in [5.41, 5.74) is 3.14. The molecule has 0 radical (unpaired) electrons. The van der Waals surface area contributed by atoms with E-state index in [0.717, 1.165) is 49.7 Å². The van der Waals surface area contributed by atoms with Gasteiger partial charge in [-0.25, -0.2) is 4.79 Å². The molecule has 6 heteroatoms. The molecule has 154 valence electrons. The molecular weight excluding hydrogens is 376 g/mol. The minimum Gasteiger partial charge on any atom is -0.489 e. The summed E-state index contributed by atoms with van der Waals surface area (Å²) in [5, 5.41) is 2.98. The van der Waals surface area contributed by atoms with Crippen LogP contribution in [0.25, 0.3) is 0 Å². The number of carbonyl (C=O) groups is 1. The van der Waals surface area contributed by atoms with Crippen molar-refractivity contribution < 1.29 is 9.53 Å². The van der Waals surface area contributed by atoms with Gasteiger partial charge >= 0.3 is 6.03 Å². The van der Waals surface area contributed by atoms with Gasteiger partial charge in [-0.2, -0.15) is 0 Å². The van der Waals surface area contributed by atoms with Crippen molar-refractivity contribution in [1.29, 1.82) is 0 Å². The SMILES string of the molecule is O=C(Nc1ccc(OCc2ccccc2)cc1)N1CCN(Cc2ccncc2)CC1. The van der Waals surface area contributed by atoms with Crippen LogP contribution in [0.15, 0.2) is 79.1 Å². The molecule has 0 bridgehead atoms. The zero-order valence-corrected chi connectivity index (χ0v) is 16.9. The van der Waals surface area contributed by atoms with Gasteiger partial charge in [0.05, 0.1) is 0 Å². The average molecular weight is 402 g/mol. The van der Waals surface area contributed by atoms with Gasteiger partial charge in [-0.05, 0) is 47.5 Å². The highest BCUT2D eigenvalue weighted by Gasteiger charge is 2.21. The van der Waals surface area contributed by atoms with Gasteiger partial charge in [0.25, 0.3) is 0 Å². The fourth-order valence-corrected chi connectivity index (χ4v) is 3.43. The van der Waals surface area contributed by atoms with Crippen LogP contribution in [-0.4, -0.2) is 47.0 Å². The van der Waals surface area contributed by atoms with Gasteiger partial charge in [0, 0.05) is 50.8 Å². The van der Waals surface area contributed by atoms with Crippen molar-refractivity contribution in [1.82, 2.24) is 14.8 Å². The molecule has 30 heavy (non-hydrogen) atoms. The molecule has 2 aromatic carbocycles. The second kappa shape index (κ2) is 9.89. The van der Waals surface area contributed by atoms with Crippen LogP contribution in [0, 0.1) is 0 Å². The number of piperazine rings is 1. The Bertz CT molecular complexity index is 924. The number of amides is 2. The lowest BCUT2D eigenvalue weighted by atomic mass is 10.2. The van der Waals surface area contributed by atoms with Crippen LogP contribution >= 0.6 is 0 Å². The van der Waals surface area contributed by atoms with E-state index in [1.807, 2.05) is 84.0 Å². The van der Waals surface area contributed by atoms with E-state index < -0.39 is 0 Å². The number of pyridine rings is 1. The van der Waals surface area contributed by atoms with E-state index in [1.165, 1.54) is 5.56 Å². The molecule has 1 aromatic heterocycles. The Kier molecular flexibility index (Phi) is 6.57. The maximum Gasteiger partial charge on any atom is 0.321 e. The summed E-state index contributed by atoms with van der Waals surface area (Å²) in [7, 11) is 0. The normalized spacial score (nSPS) is 14.3. The molecule has 4 rings (SSSR count). The number of nitrogens with zero attached hydrogens (tertiary/aromatic N) is 3. The van der Waals surface area contributed by atoms with Crippen molar-refractivity contribution >= 4 is 11.7 Å². The minimum absolute atomic E-state index is 0.0588. The van der Waals surface area contributed by atoms with E-state index >= 15 is 0 Å². The largest absolute Gasteiger partial charge is 0.489 e. The number of aromatic nitrogens is 1. The Morgan fingerprint density at radius 3 is 2.27 bits per heavy atom. The molecular formula is C24H26N4O2. The van der Waals surface area contributed by atoms with Crippen LogP contribution in [0.4, 0.5) is 10.5 Å².